The third-order valence-electron chi connectivity index (χ3n) is 4.37. The van der Waals surface area contributed by atoms with E-state index in [1.165, 1.54) is 12.0 Å². The maximum Gasteiger partial charge on any atom is 0.228 e. The smallest absolute Gasteiger partial charge is 0.228 e. The molecule has 1 aromatic carbocycles. The molecule has 1 amide bonds. The molecular formula is C18H23N3OS. The summed E-state index contributed by atoms with van der Waals surface area (Å²) in [5.41, 5.74) is 9.00. The number of piperidine rings is 1. The third kappa shape index (κ3) is 3.79. The summed E-state index contributed by atoms with van der Waals surface area (Å²) in [6.45, 7) is 3.46. The van der Waals surface area contributed by atoms with Gasteiger partial charge in [-0.25, -0.2) is 4.98 Å². The van der Waals surface area contributed by atoms with E-state index in [2.05, 4.69) is 30.1 Å². The van der Waals surface area contributed by atoms with Crippen LogP contribution in [0.15, 0.2) is 29.6 Å². The van der Waals surface area contributed by atoms with Crippen LogP contribution in [0, 0.1) is 6.92 Å². The van der Waals surface area contributed by atoms with Gasteiger partial charge in [0.15, 0.2) is 0 Å². The molecule has 0 saturated carbocycles. The normalized spacial score (nSPS) is 18.2. The molecule has 2 heterocycles. The molecular weight excluding hydrogens is 306 g/mol. The van der Waals surface area contributed by atoms with Gasteiger partial charge in [-0.3, -0.25) is 4.79 Å². The molecule has 1 fully saturated rings. The van der Waals surface area contributed by atoms with E-state index in [0.717, 1.165) is 35.7 Å². The van der Waals surface area contributed by atoms with E-state index in [9.17, 15) is 4.79 Å². The minimum atomic E-state index is 0.154. The minimum Gasteiger partial charge on any atom is -0.338 e. The number of nitrogens with two attached hydrogens (primary N) is 1. The van der Waals surface area contributed by atoms with Gasteiger partial charge in [-0.2, -0.15) is 0 Å². The predicted octanol–water partition coefficient (Wildman–Crippen LogP) is 3.00. The van der Waals surface area contributed by atoms with Crippen molar-refractivity contribution < 1.29 is 4.79 Å². The highest BCUT2D eigenvalue weighted by molar-refractivity contribution is 7.13. The lowest BCUT2D eigenvalue weighted by molar-refractivity contribution is -0.133. The molecule has 0 bridgehead atoms. The van der Waals surface area contributed by atoms with Crippen molar-refractivity contribution in [2.24, 2.45) is 5.73 Å². The average molecular weight is 329 g/mol. The van der Waals surface area contributed by atoms with Gasteiger partial charge in [-0.1, -0.05) is 23.8 Å². The Hall–Kier alpha value is -1.72. The lowest BCUT2D eigenvalue weighted by Crippen LogP contribution is -2.48. The number of hydrogen-bond donors (Lipinski definition) is 1. The van der Waals surface area contributed by atoms with Crippen LogP contribution < -0.4 is 5.73 Å². The quantitative estimate of drug-likeness (QED) is 0.938. The number of aromatic nitrogens is 1. The van der Waals surface area contributed by atoms with Gasteiger partial charge in [0.2, 0.25) is 5.91 Å². The van der Waals surface area contributed by atoms with E-state index >= 15 is 0 Å². The van der Waals surface area contributed by atoms with Crippen LogP contribution in [-0.2, 0) is 11.2 Å². The summed E-state index contributed by atoms with van der Waals surface area (Å²) in [6.07, 6.45) is 3.64. The Morgan fingerprint density at radius 2 is 2.30 bits per heavy atom. The van der Waals surface area contributed by atoms with Crippen LogP contribution in [0.25, 0.3) is 10.6 Å². The highest BCUT2D eigenvalue weighted by atomic mass is 32.1. The molecule has 1 aliphatic rings. The average Bonchev–Trinajstić information content (AvgIpc) is 3.03. The van der Waals surface area contributed by atoms with Gasteiger partial charge < -0.3 is 10.6 Å². The van der Waals surface area contributed by atoms with Crippen molar-refractivity contribution in [2.75, 3.05) is 13.1 Å². The molecule has 1 aromatic heterocycles. The number of aryl methyl sites for hydroxylation is 1. The first-order chi connectivity index (χ1) is 11.2. The molecule has 1 unspecified atom stereocenters. The van der Waals surface area contributed by atoms with Crippen molar-refractivity contribution in [1.29, 1.82) is 0 Å². The Bertz CT molecular complexity index is 682. The monoisotopic (exact) mass is 329 g/mol. The fourth-order valence-corrected chi connectivity index (χ4v) is 3.95. The van der Waals surface area contributed by atoms with Gasteiger partial charge in [-0.15, -0.1) is 11.3 Å². The number of hydrogen-bond acceptors (Lipinski definition) is 4. The van der Waals surface area contributed by atoms with Crippen LogP contribution in [0.3, 0.4) is 0 Å². The predicted molar refractivity (Wildman–Crippen MR) is 94.4 cm³/mol. The van der Waals surface area contributed by atoms with E-state index in [1.807, 2.05) is 16.3 Å². The largest absolute Gasteiger partial charge is 0.338 e. The van der Waals surface area contributed by atoms with Crippen molar-refractivity contribution in [1.82, 2.24) is 9.88 Å². The zero-order valence-electron chi connectivity index (χ0n) is 13.5. The second kappa shape index (κ2) is 7.23. The van der Waals surface area contributed by atoms with Crippen molar-refractivity contribution in [3.05, 3.63) is 40.9 Å². The molecule has 1 atom stereocenters. The molecule has 1 saturated heterocycles. The molecule has 1 aliphatic heterocycles. The van der Waals surface area contributed by atoms with Gasteiger partial charge in [0.1, 0.15) is 5.01 Å². The van der Waals surface area contributed by atoms with Crippen molar-refractivity contribution in [3.63, 3.8) is 0 Å². The highest BCUT2D eigenvalue weighted by Crippen LogP contribution is 2.25. The van der Waals surface area contributed by atoms with E-state index in [1.54, 1.807) is 11.3 Å². The third-order valence-corrected chi connectivity index (χ3v) is 5.31. The SMILES string of the molecule is Cc1cccc(-c2nc(CC(=O)N3CCCCC3CN)cs2)c1. The van der Waals surface area contributed by atoms with Gasteiger partial charge in [-0.05, 0) is 32.3 Å². The van der Waals surface area contributed by atoms with Gasteiger partial charge in [0, 0.05) is 30.1 Å². The van der Waals surface area contributed by atoms with E-state index < -0.39 is 0 Å². The van der Waals surface area contributed by atoms with Gasteiger partial charge >= 0.3 is 0 Å². The molecule has 4 nitrogen and oxygen atoms in total. The van der Waals surface area contributed by atoms with Gasteiger partial charge in [0.05, 0.1) is 12.1 Å². The molecule has 2 N–H and O–H groups in total. The summed E-state index contributed by atoms with van der Waals surface area (Å²) >= 11 is 1.60. The Morgan fingerprint density at radius 3 is 3.09 bits per heavy atom. The zero-order chi connectivity index (χ0) is 16.2. The molecule has 0 aliphatic carbocycles. The van der Waals surface area contributed by atoms with E-state index in [0.29, 0.717) is 13.0 Å². The fraction of sp³-hybridized carbons (Fsp3) is 0.444. The summed E-state index contributed by atoms with van der Waals surface area (Å²) in [7, 11) is 0. The van der Waals surface area contributed by atoms with Crippen LogP contribution in [0.2, 0.25) is 0 Å². The molecule has 0 radical (unpaired) electrons. The van der Waals surface area contributed by atoms with Crippen molar-refractivity contribution in [3.8, 4) is 10.6 Å². The Balaban J connectivity index is 1.70. The first kappa shape index (κ1) is 16.1. The maximum absolute atomic E-state index is 12.6. The highest BCUT2D eigenvalue weighted by Gasteiger charge is 2.25. The van der Waals surface area contributed by atoms with Crippen LogP contribution in [-0.4, -0.2) is 34.9 Å². The first-order valence-electron chi connectivity index (χ1n) is 8.18. The minimum absolute atomic E-state index is 0.154. The number of thiazole rings is 1. The van der Waals surface area contributed by atoms with Crippen LogP contribution in [0.5, 0.6) is 0 Å². The van der Waals surface area contributed by atoms with Gasteiger partial charge in [0.25, 0.3) is 0 Å². The second-order valence-electron chi connectivity index (χ2n) is 6.16. The number of nitrogens with zero attached hydrogens (tertiary/aromatic N) is 2. The molecule has 5 heteroatoms. The maximum atomic E-state index is 12.6. The summed E-state index contributed by atoms with van der Waals surface area (Å²) in [4.78, 5) is 19.2. The zero-order valence-corrected chi connectivity index (χ0v) is 14.3. The molecule has 122 valence electrons. The first-order valence-corrected chi connectivity index (χ1v) is 9.06. The summed E-state index contributed by atoms with van der Waals surface area (Å²) < 4.78 is 0. The fourth-order valence-electron chi connectivity index (χ4n) is 3.13. The molecule has 2 aromatic rings. The number of carbonyl (C=O) groups is 1. The summed E-state index contributed by atoms with van der Waals surface area (Å²) in [6, 6.07) is 8.50. The Kier molecular flexibility index (Phi) is 5.08. The lowest BCUT2D eigenvalue weighted by atomic mass is 10.0. The number of amides is 1. The molecule has 0 spiro atoms. The van der Waals surface area contributed by atoms with Crippen LogP contribution in [0.1, 0.15) is 30.5 Å². The number of benzene rings is 1. The Labute approximate surface area is 141 Å². The molecule has 23 heavy (non-hydrogen) atoms. The summed E-state index contributed by atoms with van der Waals surface area (Å²) in [5, 5.41) is 2.97. The second-order valence-corrected chi connectivity index (χ2v) is 7.02. The summed E-state index contributed by atoms with van der Waals surface area (Å²) in [5.74, 6) is 0.154. The number of rotatable bonds is 4. The van der Waals surface area contributed by atoms with Crippen LogP contribution >= 0.6 is 11.3 Å². The van der Waals surface area contributed by atoms with E-state index in [4.69, 9.17) is 5.73 Å². The standard InChI is InChI=1S/C18H23N3OS/c1-13-5-4-6-14(9-13)18-20-15(12-23-18)10-17(22)21-8-3-2-7-16(21)11-19/h4-6,9,12,16H,2-3,7-8,10-11,19H2,1H3. The number of likely N-dealkylation sites (tertiary alicyclic amines) is 1. The van der Waals surface area contributed by atoms with Crippen molar-refractivity contribution >= 4 is 17.2 Å². The molecule has 3 rings (SSSR count). The van der Waals surface area contributed by atoms with Crippen molar-refractivity contribution in [2.45, 2.75) is 38.6 Å². The lowest BCUT2D eigenvalue weighted by Gasteiger charge is -2.35. The Morgan fingerprint density at radius 1 is 1.43 bits per heavy atom. The topological polar surface area (TPSA) is 59.2 Å². The van der Waals surface area contributed by atoms with E-state index in [-0.39, 0.29) is 11.9 Å². The number of carbonyl (C=O) groups excluding carboxylic acids is 1. The van der Waals surface area contributed by atoms with Crippen LogP contribution in [0.4, 0.5) is 0 Å².